The minimum absolute atomic E-state index is 0.0580. The number of esters is 2. The van der Waals surface area contributed by atoms with E-state index in [1.807, 2.05) is 0 Å². The van der Waals surface area contributed by atoms with E-state index >= 15 is 0 Å². The molecule has 1 aromatic heterocycles. The number of ether oxygens (including phenoxy) is 2. The fraction of sp³-hybridized carbons (Fsp3) is 0.417. The smallest absolute Gasteiger partial charge is 0.328 e. The Balaban J connectivity index is 2.99. The van der Waals surface area contributed by atoms with Gasteiger partial charge in [0, 0.05) is 12.4 Å². The third-order valence-corrected chi connectivity index (χ3v) is 2.12. The van der Waals surface area contributed by atoms with Crippen molar-refractivity contribution in [3.63, 3.8) is 0 Å². The molecule has 7 heteroatoms. The summed E-state index contributed by atoms with van der Waals surface area (Å²) in [5.41, 5.74) is -0.0893. The standard InChI is InChI=1S/C12H14N2O5/c1-3-18-11(16)9(12(17)19-4-2)10(15)8-7-13-5-6-14-8/h5-7,9H,3-4H2,1-2H3. The van der Waals surface area contributed by atoms with Gasteiger partial charge in [0.15, 0.2) is 0 Å². The molecule has 1 aromatic rings. The van der Waals surface area contributed by atoms with Crippen LogP contribution in [0.4, 0.5) is 0 Å². The number of hydrogen-bond acceptors (Lipinski definition) is 7. The quantitative estimate of drug-likeness (QED) is 0.417. The van der Waals surface area contributed by atoms with Crippen molar-refractivity contribution < 1.29 is 23.9 Å². The number of Topliss-reactive ketones (excluding diaryl/α,β-unsaturated/α-hetero) is 1. The van der Waals surface area contributed by atoms with Crippen LogP contribution in [0.25, 0.3) is 0 Å². The molecule has 102 valence electrons. The summed E-state index contributed by atoms with van der Waals surface area (Å²) < 4.78 is 9.41. The molecule has 1 heterocycles. The Bertz CT molecular complexity index is 442. The second kappa shape index (κ2) is 7.20. The summed E-state index contributed by atoms with van der Waals surface area (Å²) in [6, 6.07) is 0. The largest absolute Gasteiger partial charge is 0.465 e. The van der Waals surface area contributed by atoms with Crippen LogP contribution in [0.3, 0.4) is 0 Å². The van der Waals surface area contributed by atoms with E-state index in [0.29, 0.717) is 0 Å². The molecule has 0 fully saturated rings. The number of rotatable bonds is 6. The predicted octanol–water partition coefficient (Wildman–Crippen LogP) is 0.402. The molecule has 0 radical (unpaired) electrons. The van der Waals surface area contributed by atoms with Crippen LogP contribution < -0.4 is 0 Å². The van der Waals surface area contributed by atoms with Gasteiger partial charge in [0.2, 0.25) is 11.7 Å². The summed E-state index contributed by atoms with van der Waals surface area (Å²) in [6.07, 6.45) is 3.84. The minimum atomic E-state index is -1.66. The maximum Gasteiger partial charge on any atom is 0.328 e. The van der Waals surface area contributed by atoms with Crippen LogP contribution in [0.1, 0.15) is 24.3 Å². The highest BCUT2D eigenvalue weighted by Crippen LogP contribution is 2.11. The van der Waals surface area contributed by atoms with Crippen LogP contribution in [0.15, 0.2) is 18.6 Å². The summed E-state index contributed by atoms with van der Waals surface area (Å²) in [6.45, 7) is 3.27. The maximum absolute atomic E-state index is 12.1. The topological polar surface area (TPSA) is 95.5 Å². The first-order valence-electron chi connectivity index (χ1n) is 5.75. The lowest BCUT2D eigenvalue weighted by Gasteiger charge is -2.12. The van der Waals surface area contributed by atoms with Crippen molar-refractivity contribution in [2.45, 2.75) is 13.8 Å². The maximum atomic E-state index is 12.1. The zero-order valence-corrected chi connectivity index (χ0v) is 10.7. The van der Waals surface area contributed by atoms with Crippen molar-refractivity contribution in [3.8, 4) is 0 Å². The molecule has 0 atom stereocenters. The highest BCUT2D eigenvalue weighted by molar-refractivity contribution is 6.20. The second-order valence-corrected chi connectivity index (χ2v) is 3.39. The third-order valence-electron chi connectivity index (χ3n) is 2.12. The zero-order valence-electron chi connectivity index (χ0n) is 10.7. The molecule has 7 nitrogen and oxygen atoms in total. The molecule has 0 unspecified atom stereocenters. The van der Waals surface area contributed by atoms with E-state index < -0.39 is 23.6 Å². The summed E-state index contributed by atoms with van der Waals surface area (Å²) in [5.74, 6) is -4.34. The van der Waals surface area contributed by atoms with Gasteiger partial charge in [-0.15, -0.1) is 0 Å². The average molecular weight is 266 g/mol. The van der Waals surface area contributed by atoms with Crippen LogP contribution >= 0.6 is 0 Å². The van der Waals surface area contributed by atoms with Crippen LogP contribution in [0, 0.1) is 5.92 Å². The van der Waals surface area contributed by atoms with Crippen LogP contribution in [0.5, 0.6) is 0 Å². The van der Waals surface area contributed by atoms with Gasteiger partial charge >= 0.3 is 11.9 Å². The Kier molecular flexibility index (Phi) is 5.59. The molecule has 1 rings (SSSR count). The number of hydrogen-bond donors (Lipinski definition) is 0. The van der Waals surface area contributed by atoms with Gasteiger partial charge in [0.25, 0.3) is 0 Å². The first kappa shape index (κ1) is 14.7. The van der Waals surface area contributed by atoms with Gasteiger partial charge < -0.3 is 9.47 Å². The Labute approximate surface area is 110 Å². The van der Waals surface area contributed by atoms with Crippen LogP contribution in [-0.4, -0.2) is 40.9 Å². The van der Waals surface area contributed by atoms with Gasteiger partial charge in [-0.05, 0) is 13.8 Å². The first-order valence-corrected chi connectivity index (χ1v) is 5.75. The molecule has 0 aromatic carbocycles. The van der Waals surface area contributed by atoms with Crippen molar-refractivity contribution >= 4 is 17.7 Å². The van der Waals surface area contributed by atoms with E-state index in [-0.39, 0.29) is 18.9 Å². The summed E-state index contributed by atoms with van der Waals surface area (Å²) in [4.78, 5) is 42.9. The van der Waals surface area contributed by atoms with Crippen LogP contribution in [0.2, 0.25) is 0 Å². The minimum Gasteiger partial charge on any atom is -0.465 e. The normalized spacial score (nSPS) is 10.1. The fourth-order valence-electron chi connectivity index (χ4n) is 1.34. The second-order valence-electron chi connectivity index (χ2n) is 3.39. The molecule has 0 saturated carbocycles. The van der Waals surface area contributed by atoms with Crippen LogP contribution in [-0.2, 0) is 19.1 Å². The van der Waals surface area contributed by atoms with E-state index in [9.17, 15) is 14.4 Å². The van der Waals surface area contributed by atoms with E-state index in [1.54, 1.807) is 13.8 Å². The Hall–Kier alpha value is -2.31. The van der Waals surface area contributed by atoms with Gasteiger partial charge in [0.05, 0.1) is 19.4 Å². The first-order chi connectivity index (χ1) is 9.11. The zero-order chi connectivity index (χ0) is 14.3. The lowest BCUT2D eigenvalue weighted by molar-refractivity contribution is -0.158. The number of carbonyl (C=O) groups is 3. The van der Waals surface area contributed by atoms with Crippen molar-refractivity contribution in [3.05, 3.63) is 24.3 Å². The third kappa shape index (κ3) is 3.84. The number of aromatic nitrogens is 2. The number of nitrogens with zero attached hydrogens (tertiary/aromatic N) is 2. The lowest BCUT2D eigenvalue weighted by Crippen LogP contribution is -2.35. The van der Waals surface area contributed by atoms with Gasteiger partial charge in [-0.1, -0.05) is 0 Å². The summed E-state index contributed by atoms with van der Waals surface area (Å²) in [7, 11) is 0. The van der Waals surface area contributed by atoms with E-state index in [1.165, 1.54) is 18.6 Å². The molecular weight excluding hydrogens is 252 g/mol. The number of ketones is 1. The van der Waals surface area contributed by atoms with E-state index in [2.05, 4.69) is 9.97 Å². The molecule has 0 N–H and O–H groups in total. The SMILES string of the molecule is CCOC(=O)C(C(=O)OCC)C(=O)c1cnccn1. The Morgan fingerprint density at radius 1 is 1.11 bits per heavy atom. The molecule has 0 bridgehead atoms. The van der Waals surface area contributed by atoms with Gasteiger partial charge in [0.1, 0.15) is 5.69 Å². The van der Waals surface area contributed by atoms with E-state index in [0.717, 1.165) is 0 Å². The average Bonchev–Trinajstić information content (AvgIpc) is 2.40. The predicted molar refractivity (Wildman–Crippen MR) is 63.1 cm³/mol. The monoisotopic (exact) mass is 266 g/mol. The Morgan fingerprint density at radius 3 is 2.11 bits per heavy atom. The van der Waals surface area contributed by atoms with Crippen molar-refractivity contribution in [1.82, 2.24) is 9.97 Å². The number of carbonyl (C=O) groups excluding carboxylic acids is 3. The van der Waals surface area contributed by atoms with Crippen molar-refractivity contribution in [2.75, 3.05) is 13.2 Å². The lowest BCUT2D eigenvalue weighted by atomic mass is 10.0. The Morgan fingerprint density at radius 2 is 1.68 bits per heavy atom. The van der Waals surface area contributed by atoms with E-state index in [4.69, 9.17) is 9.47 Å². The molecule has 0 amide bonds. The molecule has 0 aliphatic heterocycles. The molecule has 0 saturated heterocycles. The molecular formula is C12H14N2O5. The van der Waals surface area contributed by atoms with Gasteiger partial charge in [-0.2, -0.15) is 0 Å². The summed E-state index contributed by atoms with van der Waals surface area (Å²) >= 11 is 0. The van der Waals surface area contributed by atoms with Gasteiger partial charge in [-0.3, -0.25) is 19.4 Å². The molecule has 19 heavy (non-hydrogen) atoms. The molecule has 0 aliphatic rings. The highest BCUT2D eigenvalue weighted by Gasteiger charge is 2.38. The highest BCUT2D eigenvalue weighted by atomic mass is 16.6. The summed E-state index contributed by atoms with van der Waals surface area (Å²) in [5, 5.41) is 0. The van der Waals surface area contributed by atoms with Gasteiger partial charge in [-0.25, -0.2) is 4.98 Å². The van der Waals surface area contributed by atoms with Crippen molar-refractivity contribution in [1.29, 1.82) is 0 Å². The van der Waals surface area contributed by atoms with Crippen molar-refractivity contribution in [2.24, 2.45) is 5.92 Å². The fourth-order valence-corrected chi connectivity index (χ4v) is 1.34. The molecule has 0 spiro atoms. The molecule has 0 aliphatic carbocycles.